The molecule has 1 saturated heterocycles. The lowest BCUT2D eigenvalue weighted by molar-refractivity contribution is -0.121. The fraction of sp³-hybridized carbons (Fsp3) is 0.400. The predicted octanol–water partition coefficient (Wildman–Crippen LogP) is 1.74. The van der Waals surface area contributed by atoms with Crippen LogP contribution in [0.3, 0.4) is 0 Å². The van der Waals surface area contributed by atoms with E-state index in [0.717, 1.165) is 29.3 Å². The summed E-state index contributed by atoms with van der Waals surface area (Å²) in [7, 11) is -0.682. The highest BCUT2D eigenvalue weighted by atomic mass is 32.2. The highest BCUT2D eigenvalue weighted by Crippen LogP contribution is 2.18. The van der Waals surface area contributed by atoms with E-state index in [-0.39, 0.29) is 11.9 Å². The minimum atomic E-state index is -0.682. The van der Waals surface area contributed by atoms with Crippen LogP contribution < -0.4 is 5.32 Å². The molecule has 2 N–H and O–H groups in total. The van der Waals surface area contributed by atoms with Crippen molar-refractivity contribution in [3.63, 3.8) is 0 Å². The molecule has 0 saturated carbocycles. The van der Waals surface area contributed by atoms with Crippen LogP contribution in [-0.2, 0) is 22.0 Å². The molecular formula is C15H18N2O2S. The van der Waals surface area contributed by atoms with Crippen LogP contribution in [0, 0.1) is 0 Å². The number of carbonyl (C=O) groups is 1. The van der Waals surface area contributed by atoms with Gasteiger partial charge in [-0.3, -0.25) is 9.00 Å². The smallest absolute Gasteiger partial charge is 0.224 e. The van der Waals surface area contributed by atoms with E-state index in [1.807, 2.05) is 30.5 Å². The molecule has 0 aliphatic carbocycles. The molecule has 1 amide bonds. The van der Waals surface area contributed by atoms with Crippen LogP contribution in [-0.4, -0.2) is 32.6 Å². The van der Waals surface area contributed by atoms with Crippen LogP contribution in [0.5, 0.6) is 0 Å². The number of H-pyrrole nitrogens is 1. The number of hydrogen-bond acceptors (Lipinski definition) is 2. The molecule has 0 spiro atoms. The average molecular weight is 290 g/mol. The molecule has 0 atom stereocenters. The van der Waals surface area contributed by atoms with Gasteiger partial charge in [0.25, 0.3) is 0 Å². The number of aromatic nitrogens is 1. The Morgan fingerprint density at radius 2 is 2.05 bits per heavy atom. The summed E-state index contributed by atoms with van der Waals surface area (Å²) >= 11 is 0. The average Bonchev–Trinajstić information content (AvgIpc) is 2.85. The van der Waals surface area contributed by atoms with Gasteiger partial charge in [0.1, 0.15) is 0 Å². The largest absolute Gasteiger partial charge is 0.361 e. The number of amides is 1. The maximum Gasteiger partial charge on any atom is 0.224 e. The number of carbonyl (C=O) groups excluding carboxylic acids is 1. The zero-order valence-corrected chi connectivity index (χ0v) is 12.0. The van der Waals surface area contributed by atoms with E-state index in [0.29, 0.717) is 17.9 Å². The van der Waals surface area contributed by atoms with E-state index in [1.54, 1.807) is 0 Å². The van der Waals surface area contributed by atoms with Gasteiger partial charge in [-0.05, 0) is 24.5 Å². The molecule has 0 unspecified atom stereocenters. The summed E-state index contributed by atoms with van der Waals surface area (Å²) in [6, 6.07) is 8.18. The molecule has 1 fully saturated rings. The summed E-state index contributed by atoms with van der Waals surface area (Å²) < 4.78 is 11.3. The summed E-state index contributed by atoms with van der Waals surface area (Å²) in [5, 5.41) is 4.16. The number of para-hydroxylation sites is 1. The Labute approximate surface area is 120 Å². The van der Waals surface area contributed by atoms with Gasteiger partial charge in [0.05, 0.1) is 6.42 Å². The van der Waals surface area contributed by atoms with Gasteiger partial charge >= 0.3 is 0 Å². The van der Waals surface area contributed by atoms with Crippen LogP contribution in [0.4, 0.5) is 0 Å². The first-order valence-electron chi connectivity index (χ1n) is 6.92. The second-order valence-electron chi connectivity index (χ2n) is 5.23. The van der Waals surface area contributed by atoms with Crippen LogP contribution in [0.1, 0.15) is 18.4 Å². The lowest BCUT2D eigenvalue weighted by Gasteiger charge is -2.22. The van der Waals surface area contributed by atoms with Gasteiger partial charge in [0, 0.05) is 45.4 Å². The quantitative estimate of drug-likeness (QED) is 0.904. The second-order valence-corrected chi connectivity index (χ2v) is 6.92. The van der Waals surface area contributed by atoms with Gasteiger partial charge in [-0.1, -0.05) is 18.2 Å². The Hall–Kier alpha value is -1.62. The first kappa shape index (κ1) is 13.4. The minimum Gasteiger partial charge on any atom is -0.361 e. The number of hydrogen-bond donors (Lipinski definition) is 2. The van der Waals surface area contributed by atoms with E-state index in [9.17, 15) is 9.00 Å². The summed E-state index contributed by atoms with van der Waals surface area (Å²) in [5.74, 6) is 1.46. The Bertz CT molecular complexity index is 640. The molecule has 106 valence electrons. The van der Waals surface area contributed by atoms with Crippen molar-refractivity contribution in [1.82, 2.24) is 10.3 Å². The third kappa shape index (κ3) is 2.93. The Kier molecular flexibility index (Phi) is 3.87. The summed E-state index contributed by atoms with van der Waals surface area (Å²) in [6.45, 7) is 0. The maximum absolute atomic E-state index is 12.1. The predicted molar refractivity (Wildman–Crippen MR) is 81.0 cm³/mol. The van der Waals surface area contributed by atoms with Gasteiger partial charge in [-0.15, -0.1) is 0 Å². The van der Waals surface area contributed by atoms with Crippen LogP contribution in [0.2, 0.25) is 0 Å². The van der Waals surface area contributed by atoms with Crippen molar-refractivity contribution in [2.24, 2.45) is 0 Å². The van der Waals surface area contributed by atoms with Crippen molar-refractivity contribution in [2.75, 3.05) is 11.5 Å². The Morgan fingerprint density at radius 1 is 1.30 bits per heavy atom. The standard InChI is InChI=1S/C15H18N2O2S/c18-15(17-12-5-7-20(19)8-6-12)9-11-10-16-14-4-2-1-3-13(11)14/h1-4,10,12,16H,5-9H2,(H,17,18). The molecule has 1 aliphatic heterocycles. The van der Waals surface area contributed by atoms with Gasteiger partial charge in [0.2, 0.25) is 5.91 Å². The molecule has 1 aromatic carbocycles. The van der Waals surface area contributed by atoms with Crippen molar-refractivity contribution in [3.05, 3.63) is 36.0 Å². The SMILES string of the molecule is O=C(Cc1c[nH]c2ccccc12)NC1CCS(=O)CC1. The number of benzene rings is 1. The van der Waals surface area contributed by atoms with Gasteiger partial charge in [0.15, 0.2) is 0 Å². The molecule has 4 nitrogen and oxygen atoms in total. The van der Waals surface area contributed by atoms with Crippen molar-refractivity contribution < 1.29 is 9.00 Å². The zero-order chi connectivity index (χ0) is 13.9. The van der Waals surface area contributed by atoms with E-state index in [4.69, 9.17) is 0 Å². The second kappa shape index (κ2) is 5.79. The first-order chi connectivity index (χ1) is 9.72. The van der Waals surface area contributed by atoms with Crippen molar-refractivity contribution in [2.45, 2.75) is 25.3 Å². The fourth-order valence-electron chi connectivity index (χ4n) is 2.67. The van der Waals surface area contributed by atoms with Gasteiger partial charge < -0.3 is 10.3 Å². The van der Waals surface area contributed by atoms with Gasteiger partial charge in [-0.2, -0.15) is 0 Å². The highest BCUT2D eigenvalue weighted by molar-refractivity contribution is 7.85. The van der Waals surface area contributed by atoms with E-state index < -0.39 is 10.8 Å². The van der Waals surface area contributed by atoms with Crippen LogP contribution in [0.15, 0.2) is 30.5 Å². The van der Waals surface area contributed by atoms with E-state index in [1.165, 1.54) is 0 Å². The lowest BCUT2D eigenvalue weighted by Crippen LogP contribution is -2.40. The fourth-order valence-corrected chi connectivity index (χ4v) is 3.97. The van der Waals surface area contributed by atoms with Gasteiger partial charge in [-0.25, -0.2) is 0 Å². The normalized spacial score (nSPS) is 22.8. The summed E-state index contributed by atoms with van der Waals surface area (Å²) in [4.78, 5) is 15.3. The molecular weight excluding hydrogens is 272 g/mol. The number of aromatic amines is 1. The molecule has 3 rings (SSSR count). The third-order valence-corrected chi connectivity index (χ3v) is 5.16. The van der Waals surface area contributed by atoms with E-state index in [2.05, 4.69) is 10.3 Å². The number of fused-ring (bicyclic) bond motifs is 1. The molecule has 1 aliphatic rings. The first-order valence-corrected chi connectivity index (χ1v) is 8.40. The molecule has 0 bridgehead atoms. The Morgan fingerprint density at radius 3 is 2.85 bits per heavy atom. The molecule has 20 heavy (non-hydrogen) atoms. The zero-order valence-electron chi connectivity index (χ0n) is 11.2. The van der Waals surface area contributed by atoms with Crippen molar-refractivity contribution in [3.8, 4) is 0 Å². The number of nitrogens with one attached hydrogen (secondary N) is 2. The minimum absolute atomic E-state index is 0.0486. The number of rotatable bonds is 3. The van der Waals surface area contributed by atoms with Crippen molar-refractivity contribution in [1.29, 1.82) is 0 Å². The van der Waals surface area contributed by atoms with E-state index >= 15 is 0 Å². The molecule has 5 heteroatoms. The van der Waals surface area contributed by atoms with Crippen LogP contribution in [0.25, 0.3) is 10.9 Å². The van der Waals surface area contributed by atoms with Crippen LogP contribution >= 0.6 is 0 Å². The Balaban J connectivity index is 1.63. The topological polar surface area (TPSA) is 62.0 Å². The molecule has 2 aromatic rings. The monoisotopic (exact) mass is 290 g/mol. The highest BCUT2D eigenvalue weighted by Gasteiger charge is 2.19. The third-order valence-electron chi connectivity index (χ3n) is 3.78. The van der Waals surface area contributed by atoms with Crippen molar-refractivity contribution >= 4 is 27.6 Å². The summed E-state index contributed by atoms with van der Waals surface area (Å²) in [5.41, 5.74) is 2.08. The molecule has 1 aromatic heterocycles. The molecule has 2 heterocycles. The lowest BCUT2D eigenvalue weighted by atomic mass is 10.1. The summed E-state index contributed by atoms with van der Waals surface area (Å²) in [6.07, 6.45) is 3.95. The maximum atomic E-state index is 12.1. The molecule has 0 radical (unpaired) electrons.